The van der Waals surface area contributed by atoms with E-state index in [1.165, 1.54) is 13.8 Å². The van der Waals surface area contributed by atoms with Crippen molar-refractivity contribution >= 4 is 11.9 Å². The van der Waals surface area contributed by atoms with Crippen LogP contribution in [0.1, 0.15) is 40.5 Å². The summed E-state index contributed by atoms with van der Waals surface area (Å²) in [6.07, 6.45) is 0.394. The molecule has 1 aliphatic rings. The van der Waals surface area contributed by atoms with Crippen LogP contribution >= 0.6 is 0 Å². The van der Waals surface area contributed by atoms with Crippen molar-refractivity contribution < 1.29 is 23.8 Å². The Kier molecular flexibility index (Phi) is 4.93. The van der Waals surface area contributed by atoms with Crippen molar-refractivity contribution in [3.8, 4) is 0 Å². The van der Waals surface area contributed by atoms with Crippen LogP contribution in [0.2, 0.25) is 0 Å². The zero-order chi connectivity index (χ0) is 13.0. The van der Waals surface area contributed by atoms with Crippen molar-refractivity contribution in [2.24, 2.45) is 0 Å². The minimum absolute atomic E-state index is 0.159. The highest BCUT2D eigenvalue weighted by Crippen LogP contribution is 2.27. The maximum atomic E-state index is 10.9. The van der Waals surface area contributed by atoms with Crippen LogP contribution in [0.25, 0.3) is 0 Å². The van der Waals surface area contributed by atoms with Gasteiger partial charge >= 0.3 is 11.9 Å². The van der Waals surface area contributed by atoms with Gasteiger partial charge in [0, 0.05) is 20.3 Å². The van der Waals surface area contributed by atoms with Gasteiger partial charge in [0.1, 0.15) is 12.2 Å². The minimum Gasteiger partial charge on any atom is -0.460 e. The standard InChI is InChI=1S/C12H20O5/c1-5-10(16-8(3)13)12-6-11(7(2)15-12)17-9(4)14/h7,10-12H,5-6H2,1-4H3/t7?,10-,11+,12-/m0/s1. The summed E-state index contributed by atoms with van der Waals surface area (Å²) in [7, 11) is 0. The van der Waals surface area contributed by atoms with Gasteiger partial charge in [0.2, 0.25) is 0 Å². The molecule has 0 bridgehead atoms. The fraction of sp³-hybridized carbons (Fsp3) is 0.833. The van der Waals surface area contributed by atoms with Crippen LogP contribution in [0.5, 0.6) is 0 Å². The number of hydrogen-bond acceptors (Lipinski definition) is 5. The highest BCUT2D eigenvalue weighted by Gasteiger charge is 2.39. The van der Waals surface area contributed by atoms with E-state index in [1.54, 1.807) is 0 Å². The molecule has 1 rings (SSSR count). The molecule has 5 nitrogen and oxygen atoms in total. The highest BCUT2D eigenvalue weighted by molar-refractivity contribution is 5.66. The molecule has 1 unspecified atom stereocenters. The van der Waals surface area contributed by atoms with Crippen molar-refractivity contribution in [1.29, 1.82) is 0 Å². The summed E-state index contributed by atoms with van der Waals surface area (Å²) < 4.78 is 16.0. The number of hydrogen-bond donors (Lipinski definition) is 0. The van der Waals surface area contributed by atoms with Crippen molar-refractivity contribution in [3.63, 3.8) is 0 Å². The largest absolute Gasteiger partial charge is 0.460 e. The second-order valence-corrected chi connectivity index (χ2v) is 4.32. The summed E-state index contributed by atoms with van der Waals surface area (Å²) in [5.41, 5.74) is 0. The van der Waals surface area contributed by atoms with Crippen molar-refractivity contribution in [3.05, 3.63) is 0 Å². The zero-order valence-electron chi connectivity index (χ0n) is 10.8. The number of rotatable bonds is 4. The van der Waals surface area contributed by atoms with Crippen LogP contribution in [-0.2, 0) is 23.8 Å². The Morgan fingerprint density at radius 1 is 1.35 bits per heavy atom. The lowest BCUT2D eigenvalue weighted by Gasteiger charge is -2.21. The molecule has 98 valence electrons. The zero-order valence-corrected chi connectivity index (χ0v) is 10.8. The molecule has 0 aromatic heterocycles. The van der Waals surface area contributed by atoms with Crippen LogP contribution in [0.4, 0.5) is 0 Å². The number of ether oxygens (including phenoxy) is 3. The van der Waals surface area contributed by atoms with Gasteiger partial charge in [-0.2, -0.15) is 0 Å². The van der Waals surface area contributed by atoms with Gasteiger partial charge in [-0.3, -0.25) is 9.59 Å². The third kappa shape index (κ3) is 4.00. The van der Waals surface area contributed by atoms with Gasteiger partial charge in [0.15, 0.2) is 0 Å². The Bertz CT molecular complexity index is 289. The quantitative estimate of drug-likeness (QED) is 0.700. The topological polar surface area (TPSA) is 61.8 Å². The van der Waals surface area contributed by atoms with Crippen molar-refractivity contribution in [2.75, 3.05) is 0 Å². The van der Waals surface area contributed by atoms with Crippen molar-refractivity contribution in [2.45, 2.75) is 65.0 Å². The summed E-state index contributed by atoms with van der Waals surface area (Å²) in [5.74, 6) is -0.629. The fourth-order valence-corrected chi connectivity index (χ4v) is 2.07. The van der Waals surface area contributed by atoms with Gasteiger partial charge in [0.05, 0.1) is 12.2 Å². The predicted octanol–water partition coefficient (Wildman–Crippen LogP) is 1.44. The Balaban J connectivity index is 2.56. The van der Waals surface area contributed by atoms with Gasteiger partial charge in [-0.15, -0.1) is 0 Å². The van der Waals surface area contributed by atoms with Crippen LogP contribution in [0.3, 0.4) is 0 Å². The molecule has 1 heterocycles. The molecule has 0 aliphatic carbocycles. The molecular formula is C12H20O5. The molecule has 1 fully saturated rings. The Morgan fingerprint density at radius 3 is 2.47 bits per heavy atom. The average Bonchev–Trinajstić information content (AvgIpc) is 2.55. The Hall–Kier alpha value is -1.10. The fourth-order valence-electron chi connectivity index (χ4n) is 2.07. The Morgan fingerprint density at radius 2 is 2.00 bits per heavy atom. The molecule has 0 radical (unpaired) electrons. The minimum atomic E-state index is -0.316. The van der Waals surface area contributed by atoms with Gasteiger partial charge in [-0.25, -0.2) is 0 Å². The van der Waals surface area contributed by atoms with E-state index in [9.17, 15) is 9.59 Å². The number of esters is 2. The van der Waals surface area contributed by atoms with E-state index in [1.807, 2.05) is 13.8 Å². The molecule has 0 saturated carbocycles. The molecule has 5 heteroatoms. The van der Waals surface area contributed by atoms with E-state index in [0.717, 1.165) is 0 Å². The van der Waals surface area contributed by atoms with Gasteiger partial charge < -0.3 is 14.2 Å². The molecule has 17 heavy (non-hydrogen) atoms. The lowest BCUT2D eigenvalue weighted by molar-refractivity contribution is -0.154. The van der Waals surface area contributed by atoms with Gasteiger partial charge in [-0.05, 0) is 13.3 Å². The SMILES string of the molecule is CC[C@H](OC(C)=O)[C@@H]1C[C@@H](OC(C)=O)C(C)O1. The molecule has 0 spiro atoms. The summed E-state index contributed by atoms with van der Waals surface area (Å²) >= 11 is 0. The maximum Gasteiger partial charge on any atom is 0.302 e. The van der Waals surface area contributed by atoms with E-state index < -0.39 is 0 Å². The highest BCUT2D eigenvalue weighted by atomic mass is 16.6. The van der Waals surface area contributed by atoms with Crippen molar-refractivity contribution in [1.82, 2.24) is 0 Å². The van der Waals surface area contributed by atoms with E-state index in [4.69, 9.17) is 14.2 Å². The number of carbonyl (C=O) groups is 2. The second-order valence-electron chi connectivity index (χ2n) is 4.32. The first-order chi connectivity index (χ1) is 7.93. The van der Waals surface area contributed by atoms with Crippen LogP contribution in [0.15, 0.2) is 0 Å². The van der Waals surface area contributed by atoms with Crippen LogP contribution < -0.4 is 0 Å². The second kappa shape index (κ2) is 6.00. The van der Waals surface area contributed by atoms with E-state index in [2.05, 4.69) is 0 Å². The van der Waals surface area contributed by atoms with E-state index in [-0.39, 0.29) is 36.4 Å². The molecule has 0 aromatic carbocycles. The molecule has 1 aliphatic heterocycles. The molecule has 4 atom stereocenters. The lowest BCUT2D eigenvalue weighted by Crippen LogP contribution is -2.30. The van der Waals surface area contributed by atoms with Crippen LogP contribution in [-0.4, -0.2) is 36.4 Å². The Labute approximate surface area is 101 Å². The average molecular weight is 244 g/mol. The third-order valence-corrected chi connectivity index (χ3v) is 2.83. The smallest absolute Gasteiger partial charge is 0.302 e. The third-order valence-electron chi connectivity index (χ3n) is 2.83. The first kappa shape index (κ1) is 14.0. The van der Waals surface area contributed by atoms with Gasteiger partial charge in [-0.1, -0.05) is 6.92 Å². The van der Waals surface area contributed by atoms with Gasteiger partial charge in [0.25, 0.3) is 0 Å². The summed E-state index contributed by atoms with van der Waals surface area (Å²) in [4.78, 5) is 21.9. The molecule has 0 aromatic rings. The summed E-state index contributed by atoms with van der Waals surface area (Å²) in [6, 6.07) is 0. The molecule has 1 saturated heterocycles. The van der Waals surface area contributed by atoms with E-state index >= 15 is 0 Å². The summed E-state index contributed by atoms with van der Waals surface area (Å²) in [6.45, 7) is 6.54. The molecular weight excluding hydrogens is 224 g/mol. The van der Waals surface area contributed by atoms with E-state index in [0.29, 0.717) is 12.8 Å². The lowest BCUT2D eigenvalue weighted by atomic mass is 10.1. The monoisotopic (exact) mass is 244 g/mol. The molecule has 0 N–H and O–H groups in total. The van der Waals surface area contributed by atoms with Crippen LogP contribution in [0, 0.1) is 0 Å². The maximum absolute atomic E-state index is 10.9. The number of carbonyl (C=O) groups excluding carboxylic acids is 2. The first-order valence-corrected chi connectivity index (χ1v) is 5.94. The normalized spacial score (nSPS) is 29.8. The molecule has 0 amide bonds. The predicted molar refractivity (Wildman–Crippen MR) is 60.4 cm³/mol. The summed E-state index contributed by atoms with van der Waals surface area (Å²) in [5, 5.41) is 0. The first-order valence-electron chi connectivity index (χ1n) is 5.94.